The van der Waals surface area contributed by atoms with Crippen LogP contribution in [0, 0.1) is 0 Å². The van der Waals surface area contributed by atoms with E-state index in [4.69, 9.17) is 0 Å². The van der Waals surface area contributed by atoms with E-state index < -0.39 is 17.3 Å². The summed E-state index contributed by atoms with van der Waals surface area (Å²) in [6.07, 6.45) is -1.07. The number of anilines is 1. The van der Waals surface area contributed by atoms with Crippen molar-refractivity contribution in [3.63, 3.8) is 0 Å². The van der Waals surface area contributed by atoms with Gasteiger partial charge in [0.2, 0.25) is 0 Å². The van der Waals surface area contributed by atoms with E-state index in [1.54, 1.807) is 0 Å². The molecule has 0 saturated carbocycles. The molecular formula is C18H24F3NO. The highest BCUT2D eigenvalue weighted by molar-refractivity contribution is 5.90. The molecule has 1 rings (SSSR count). The van der Waals surface area contributed by atoms with E-state index in [0.29, 0.717) is 12.1 Å². The molecule has 1 aromatic rings. The standard InChI is InChI=1S/C18H24F3NO/c1-6-8-13(3)22(17(5,7-2)14(4)23)16-11-9-15(10-12-16)18(19,20)21/h8-12H,6-7H2,1-5H3/b13-8-. The van der Waals surface area contributed by atoms with Crippen molar-refractivity contribution in [3.8, 4) is 0 Å². The zero-order chi connectivity index (χ0) is 17.8. The number of benzene rings is 1. The van der Waals surface area contributed by atoms with Crippen LogP contribution in [0.25, 0.3) is 0 Å². The molecule has 1 atom stereocenters. The maximum Gasteiger partial charge on any atom is 0.416 e. The SMILES string of the molecule is CC/C=C(/C)N(c1ccc(C(F)(F)F)cc1)C(C)(CC)C(C)=O. The fourth-order valence-electron chi connectivity index (χ4n) is 2.63. The average Bonchev–Trinajstić information content (AvgIpc) is 2.47. The van der Waals surface area contributed by atoms with Gasteiger partial charge in [0.1, 0.15) is 0 Å². The van der Waals surface area contributed by atoms with Gasteiger partial charge in [0.05, 0.1) is 11.1 Å². The van der Waals surface area contributed by atoms with Crippen LogP contribution in [0.15, 0.2) is 36.0 Å². The second-order valence-electron chi connectivity index (χ2n) is 5.82. The third-order valence-corrected chi connectivity index (χ3v) is 4.25. The van der Waals surface area contributed by atoms with Crippen molar-refractivity contribution in [2.75, 3.05) is 4.90 Å². The molecule has 0 aliphatic rings. The smallest absolute Gasteiger partial charge is 0.333 e. The molecular weight excluding hydrogens is 303 g/mol. The number of carbonyl (C=O) groups excluding carboxylic acids is 1. The van der Waals surface area contributed by atoms with Gasteiger partial charge in [0, 0.05) is 11.4 Å². The van der Waals surface area contributed by atoms with Crippen molar-refractivity contribution in [3.05, 3.63) is 41.6 Å². The average molecular weight is 327 g/mol. The van der Waals surface area contributed by atoms with Crippen molar-refractivity contribution in [2.45, 2.75) is 59.2 Å². The molecule has 0 radical (unpaired) electrons. The Balaban J connectivity index is 3.42. The number of Topliss-reactive ketones (excluding diaryl/α,β-unsaturated/α-hetero) is 1. The molecule has 1 unspecified atom stereocenters. The number of alkyl halides is 3. The number of halogens is 3. The van der Waals surface area contributed by atoms with Crippen molar-refractivity contribution in [2.24, 2.45) is 0 Å². The van der Waals surface area contributed by atoms with Gasteiger partial charge >= 0.3 is 6.18 Å². The molecule has 1 aromatic carbocycles. The Morgan fingerprint density at radius 1 is 1.13 bits per heavy atom. The Bertz CT molecular complexity index is 575. The van der Waals surface area contributed by atoms with Gasteiger partial charge in [-0.3, -0.25) is 4.79 Å². The maximum absolute atomic E-state index is 12.7. The lowest BCUT2D eigenvalue weighted by Gasteiger charge is -2.41. The summed E-state index contributed by atoms with van der Waals surface area (Å²) in [5, 5.41) is 0. The van der Waals surface area contributed by atoms with Crippen LogP contribution in [0.4, 0.5) is 18.9 Å². The maximum atomic E-state index is 12.7. The summed E-state index contributed by atoms with van der Waals surface area (Å²) in [7, 11) is 0. The van der Waals surface area contributed by atoms with E-state index in [2.05, 4.69) is 0 Å². The van der Waals surface area contributed by atoms with Crippen LogP contribution in [-0.2, 0) is 11.0 Å². The van der Waals surface area contributed by atoms with Gasteiger partial charge in [0.25, 0.3) is 0 Å². The fraction of sp³-hybridized carbons (Fsp3) is 0.500. The topological polar surface area (TPSA) is 20.3 Å². The highest BCUT2D eigenvalue weighted by Crippen LogP contribution is 2.35. The molecule has 0 amide bonds. The lowest BCUT2D eigenvalue weighted by Crippen LogP contribution is -2.50. The minimum absolute atomic E-state index is 0.0243. The summed E-state index contributed by atoms with van der Waals surface area (Å²) in [5.74, 6) is -0.0243. The Morgan fingerprint density at radius 2 is 1.65 bits per heavy atom. The number of hydrogen-bond donors (Lipinski definition) is 0. The molecule has 0 aromatic heterocycles. The minimum atomic E-state index is -4.37. The highest BCUT2D eigenvalue weighted by atomic mass is 19.4. The normalized spacial score (nSPS) is 15.2. The molecule has 0 aliphatic heterocycles. The summed E-state index contributed by atoms with van der Waals surface area (Å²) >= 11 is 0. The molecule has 0 aliphatic carbocycles. The van der Waals surface area contributed by atoms with Crippen LogP contribution in [0.5, 0.6) is 0 Å². The Morgan fingerprint density at radius 3 is 2.00 bits per heavy atom. The van der Waals surface area contributed by atoms with Gasteiger partial charge in [-0.1, -0.05) is 19.9 Å². The molecule has 128 valence electrons. The van der Waals surface area contributed by atoms with Gasteiger partial charge in [-0.15, -0.1) is 0 Å². The van der Waals surface area contributed by atoms with Gasteiger partial charge in [-0.25, -0.2) is 0 Å². The summed E-state index contributed by atoms with van der Waals surface area (Å²) in [6.45, 7) is 9.08. The van der Waals surface area contributed by atoms with E-state index in [-0.39, 0.29) is 5.78 Å². The third kappa shape index (κ3) is 4.15. The second kappa shape index (κ2) is 7.20. The van der Waals surface area contributed by atoms with Gasteiger partial charge in [-0.2, -0.15) is 13.2 Å². The summed E-state index contributed by atoms with van der Waals surface area (Å²) < 4.78 is 38.2. The first-order valence-electron chi connectivity index (χ1n) is 7.73. The van der Waals surface area contributed by atoms with E-state index >= 15 is 0 Å². The Labute approximate surface area is 136 Å². The summed E-state index contributed by atoms with van der Waals surface area (Å²) in [5.41, 5.74) is -0.0545. The van der Waals surface area contributed by atoms with Gasteiger partial charge in [0.15, 0.2) is 5.78 Å². The zero-order valence-corrected chi connectivity index (χ0v) is 14.3. The molecule has 5 heteroatoms. The van der Waals surface area contributed by atoms with Crippen molar-refractivity contribution >= 4 is 11.5 Å². The van der Waals surface area contributed by atoms with E-state index in [1.807, 2.05) is 38.7 Å². The lowest BCUT2D eigenvalue weighted by molar-refractivity contribution is -0.137. The molecule has 0 bridgehead atoms. The van der Waals surface area contributed by atoms with Crippen molar-refractivity contribution in [1.29, 1.82) is 0 Å². The van der Waals surface area contributed by atoms with Crippen LogP contribution >= 0.6 is 0 Å². The summed E-state index contributed by atoms with van der Waals surface area (Å²) in [4.78, 5) is 14.0. The molecule has 23 heavy (non-hydrogen) atoms. The first kappa shape index (κ1) is 19.3. The number of nitrogens with zero attached hydrogens (tertiary/aromatic N) is 1. The quantitative estimate of drug-likeness (QED) is 0.679. The molecule has 0 fully saturated rings. The van der Waals surface area contributed by atoms with Crippen molar-refractivity contribution < 1.29 is 18.0 Å². The number of rotatable bonds is 6. The molecule has 0 heterocycles. The Kier molecular flexibility index (Phi) is 6.03. The number of carbonyl (C=O) groups is 1. The van der Waals surface area contributed by atoms with Crippen LogP contribution in [0.1, 0.15) is 53.0 Å². The number of ketones is 1. The molecule has 2 nitrogen and oxygen atoms in total. The zero-order valence-electron chi connectivity index (χ0n) is 14.3. The summed E-state index contributed by atoms with van der Waals surface area (Å²) in [6, 6.07) is 4.95. The highest BCUT2D eigenvalue weighted by Gasteiger charge is 2.37. The van der Waals surface area contributed by atoms with Crippen LogP contribution in [0.2, 0.25) is 0 Å². The predicted octanol–water partition coefficient (Wildman–Crippen LogP) is 5.58. The predicted molar refractivity (Wildman–Crippen MR) is 87.3 cm³/mol. The van der Waals surface area contributed by atoms with Gasteiger partial charge < -0.3 is 4.90 Å². The Hall–Kier alpha value is -1.78. The van der Waals surface area contributed by atoms with Crippen LogP contribution < -0.4 is 4.90 Å². The monoisotopic (exact) mass is 327 g/mol. The minimum Gasteiger partial charge on any atom is -0.333 e. The van der Waals surface area contributed by atoms with Crippen LogP contribution in [0.3, 0.4) is 0 Å². The van der Waals surface area contributed by atoms with E-state index in [9.17, 15) is 18.0 Å². The first-order valence-corrected chi connectivity index (χ1v) is 7.73. The van der Waals surface area contributed by atoms with E-state index in [0.717, 1.165) is 24.3 Å². The molecule has 0 saturated heterocycles. The first-order chi connectivity index (χ1) is 10.6. The second-order valence-corrected chi connectivity index (χ2v) is 5.82. The third-order valence-electron chi connectivity index (χ3n) is 4.25. The largest absolute Gasteiger partial charge is 0.416 e. The fourth-order valence-corrected chi connectivity index (χ4v) is 2.63. The molecule has 0 N–H and O–H groups in total. The lowest BCUT2D eigenvalue weighted by atomic mass is 9.90. The van der Waals surface area contributed by atoms with Crippen molar-refractivity contribution in [1.82, 2.24) is 0 Å². The molecule has 0 spiro atoms. The number of allylic oxidation sites excluding steroid dienone is 2. The number of hydrogen-bond acceptors (Lipinski definition) is 2. The van der Waals surface area contributed by atoms with Crippen LogP contribution in [-0.4, -0.2) is 11.3 Å². The van der Waals surface area contributed by atoms with Gasteiger partial charge in [-0.05, 0) is 57.9 Å². The van der Waals surface area contributed by atoms with E-state index in [1.165, 1.54) is 19.1 Å².